The maximum absolute atomic E-state index is 12.2. The van der Waals surface area contributed by atoms with E-state index < -0.39 is 0 Å². The van der Waals surface area contributed by atoms with E-state index in [9.17, 15) is 9.59 Å². The minimum atomic E-state index is -0.0823. The van der Waals surface area contributed by atoms with Crippen LogP contribution in [0.5, 0.6) is 0 Å². The second-order valence-electron chi connectivity index (χ2n) is 5.62. The molecular weight excluding hydrogens is 403 g/mol. The summed E-state index contributed by atoms with van der Waals surface area (Å²) >= 11 is 2.15. The summed E-state index contributed by atoms with van der Waals surface area (Å²) in [6.07, 6.45) is 1.99. The predicted molar refractivity (Wildman–Crippen MR) is 98.1 cm³/mol. The molecule has 0 atom stereocenters. The quantitative estimate of drug-likeness (QED) is 0.727. The third kappa shape index (κ3) is 4.31. The Bertz CT molecular complexity index is 724. The van der Waals surface area contributed by atoms with Crippen molar-refractivity contribution in [3.05, 3.63) is 63.2 Å². The molecule has 0 aliphatic heterocycles. The number of carbonyl (C=O) groups excluding carboxylic acids is 2. The zero-order valence-corrected chi connectivity index (χ0v) is 14.7. The van der Waals surface area contributed by atoms with Gasteiger partial charge in [0, 0.05) is 21.7 Å². The van der Waals surface area contributed by atoms with Gasteiger partial charge in [0.25, 0.3) is 5.91 Å². The van der Waals surface area contributed by atoms with Gasteiger partial charge in [0.2, 0.25) is 5.91 Å². The van der Waals surface area contributed by atoms with Crippen LogP contribution in [0.4, 0.5) is 5.69 Å². The van der Waals surface area contributed by atoms with Gasteiger partial charge in [-0.1, -0.05) is 24.3 Å². The Balaban J connectivity index is 1.55. The van der Waals surface area contributed by atoms with Crippen LogP contribution < -0.4 is 10.6 Å². The van der Waals surface area contributed by atoms with Crippen LogP contribution in [0.1, 0.15) is 28.8 Å². The lowest BCUT2D eigenvalue weighted by Gasteiger charge is -2.08. The van der Waals surface area contributed by atoms with Gasteiger partial charge >= 0.3 is 0 Å². The van der Waals surface area contributed by atoms with Crippen molar-refractivity contribution in [2.75, 3.05) is 5.32 Å². The molecule has 1 fully saturated rings. The second kappa shape index (κ2) is 7.12. The van der Waals surface area contributed by atoms with Gasteiger partial charge < -0.3 is 10.6 Å². The monoisotopic (exact) mass is 420 g/mol. The SMILES string of the molecule is O=C(NCc1ccc(NC(=O)C2CC2)cc1)c1ccccc1I. The third-order valence-electron chi connectivity index (χ3n) is 3.74. The van der Waals surface area contributed by atoms with E-state index in [1.54, 1.807) is 0 Å². The maximum Gasteiger partial charge on any atom is 0.252 e. The Labute approximate surface area is 148 Å². The number of rotatable bonds is 5. The van der Waals surface area contributed by atoms with Gasteiger partial charge in [-0.2, -0.15) is 0 Å². The molecular formula is C18H17IN2O2. The van der Waals surface area contributed by atoms with E-state index in [0.717, 1.165) is 27.7 Å². The summed E-state index contributed by atoms with van der Waals surface area (Å²) in [5.41, 5.74) is 2.48. The molecule has 0 bridgehead atoms. The van der Waals surface area contributed by atoms with E-state index in [0.29, 0.717) is 12.1 Å². The molecule has 0 unspecified atom stereocenters. The average molecular weight is 420 g/mol. The molecule has 0 aromatic heterocycles. The van der Waals surface area contributed by atoms with Gasteiger partial charge in [0.1, 0.15) is 0 Å². The van der Waals surface area contributed by atoms with Crippen molar-refractivity contribution in [2.45, 2.75) is 19.4 Å². The first-order valence-electron chi connectivity index (χ1n) is 7.56. The fraction of sp³-hybridized carbons (Fsp3) is 0.222. The second-order valence-corrected chi connectivity index (χ2v) is 6.79. The van der Waals surface area contributed by atoms with Crippen molar-refractivity contribution in [1.29, 1.82) is 0 Å². The van der Waals surface area contributed by atoms with Crippen molar-refractivity contribution in [2.24, 2.45) is 5.92 Å². The summed E-state index contributed by atoms with van der Waals surface area (Å²) in [7, 11) is 0. The number of benzene rings is 2. The molecule has 2 amide bonds. The molecule has 5 heteroatoms. The summed E-state index contributed by atoms with van der Waals surface area (Å²) in [4.78, 5) is 23.9. The average Bonchev–Trinajstić information content (AvgIpc) is 3.39. The number of hydrogen-bond donors (Lipinski definition) is 2. The Kier molecular flexibility index (Phi) is 4.95. The van der Waals surface area contributed by atoms with Crippen molar-refractivity contribution in [3.63, 3.8) is 0 Å². The van der Waals surface area contributed by atoms with E-state index in [4.69, 9.17) is 0 Å². The third-order valence-corrected chi connectivity index (χ3v) is 4.68. The van der Waals surface area contributed by atoms with Crippen LogP contribution >= 0.6 is 22.6 Å². The number of halogens is 1. The minimum absolute atomic E-state index is 0.0823. The molecule has 0 spiro atoms. The van der Waals surface area contributed by atoms with Gasteiger partial charge in [-0.3, -0.25) is 9.59 Å². The van der Waals surface area contributed by atoms with Crippen molar-refractivity contribution in [1.82, 2.24) is 5.32 Å². The normalized spacial score (nSPS) is 13.4. The molecule has 2 N–H and O–H groups in total. The Morgan fingerprint density at radius 3 is 2.39 bits per heavy atom. The number of amides is 2. The Morgan fingerprint density at radius 2 is 1.74 bits per heavy atom. The largest absolute Gasteiger partial charge is 0.348 e. The highest BCUT2D eigenvalue weighted by molar-refractivity contribution is 14.1. The lowest BCUT2D eigenvalue weighted by Crippen LogP contribution is -2.23. The molecule has 0 saturated heterocycles. The summed E-state index contributed by atoms with van der Waals surface area (Å²) in [6.45, 7) is 0.459. The fourth-order valence-corrected chi connectivity index (χ4v) is 2.85. The standard InChI is InChI=1S/C18H17IN2O2/c19-16-4-2-1-3-15(16)18(23)20-11-12-5-9-14(10-6-12)21-17(22)13-7-8-13/h1-6,9-10,13H,7-8,11H2,(H,20,23)(H,21,22). The van der Waals surface area contributed by atoms with Gasteiger partial charge in [0.05, 0.1) is 5.56 Å². The molecule has 118 valence electrons. The van der Waals surface area contributed by atoms with E-state index >= 15 is 0 Å². The number of carbonyl (C=O) groups is 2. The van der Waals surface area contributed by atoms with Crippen LogP contribution in [0, 0.1) is 9.49 Å². The maximum atomic E-state index is 12.2. The molecule has 2 aromatic carbocycles. The van der Waals surface area contributed by atoms with Gasteiger partial charge in [-0.05, 0) is 65.3 Å². The molecule has 4 nitrogen and oxygen atoms in total. The van der Waals surface area contributed by atoms with Gasteiger partial charge in [-0.25, -0.2) is 0 Å². The summed E-state index contributed by atoms with van der Waals surface area (Å²) in [5, 5.41) is 5.82. The highest BCUT2D eigenvalue weighted by Gasteiger charge is 2.29. The number of hydrogen-bond acceptors (Lipinski definition) is 2. The molecule has 23 heavy (non-hydrogen) atoms. The fourth-order valence-electron chi connectivity index (χ4n) is 2.22. The molecule has 0 radical (unpaired) electrons. The van der Waals surface area contributed by atoms with Crippen LogP contribution in [0.15, 0.2) is 48.5 Å². The van der Waals surface area contributed by atoms with Crippen LogP contribution in [0.2, 0.25) is 0 Å². The van der Waals surface area contributed by atoms with Gasteiger partial charge in [-0.15, -0.1) is 0 Å². The summed E-state index contributed by atoms with van der Waals surface area (Å²) in [5.74, 6) is 0.216. The van der Waals surface area contributed by atoms with Crippen LogP contribution in [-0.4, -0.2) is 11.8 Å². The molecule has 1 aliphatic carbocycles. The van der Waals surface area contributed by atoms with Crippen LogP contribution in [0.3, 0.4) is 0 Å². The number of nitrogens with one attached hydrogen (secondary N) is 2. The molecule has 0 heterocycles. The molecule has 3 rings (SSSR count). The van der Waals surface area contributed by atoms with E-state index in [1.165, 1.54) is 0 Å². The lowest BCUT2D eigenvalue weighted by atomic mass is 10.2. The first-order chi connectivity index (χ1) is 11.1. The topological polar surface area (TPSA) is 58.2 Å². The highest BCUT2D eigenvalue weighted by Crippen LogP contribution is 2.30. The zero-order valence-electron chi connectivity index (χ0n) is 12.5. The van der Waals surface area contributed by atoms with Gasteiger partial charge in [0.15, 0.2) is 0 Å². The van der Waals surface area contributed by atoms with E-state index in [1.807, 2.05) is 48.5 Å². The molecule has 2 aromatic rings. The molecule has 1 aliphatic rings. The van der Waals surface area contributed by atoms with Crippen LogP contribution in [0.25, 0.3) is 0 Å². The van der Waals surface area contributed by atoms with E-state index in [-0.39, 0.29) is 17.7 Å². The number of anilines is 1. The van der Waals surface area contributed by atoms with Crippen molar-refractivity contribution in [3.8, 4) is 0 Å². The smallest absolute Gasteiger partial charge is 0.252 e. The Morgan fingerprint density at radius 1 is 1.04 bits per heavy atom. The van der Waals surface area contributed by atoms with Crippen LogP contribution in [-0.2, 0) is 11.3 Å². The molecule has 1 saturated carbocycles. The van der Waals surface area contributed by atoms with Crippen molar-refractivity contribution >= 4 is 40.1 Å². The zero-order chi connectivity index (χ0) is 16.2. The summed E-state index contributed by atoms with van der Waals surface area (Å²) in [6, 6.07) is 15.1. The van der Waals surface area contributed by atoms with Crippen molar-refractivity contribution < 1.29 is 9.59 Å². The summed E-state index contributed by atoms with van der Waals surface area (Å²) < 4.78 is 0.931. The van der Waals surface area contributed by atoms with E-state index in [2.05, 4.69) is 33.2 Å². The minimum Gasteiger partial charge on any atom is -0.348 e. The lowest BCUT2D eigenvalue weighted by molar-refractivity contribution is -0.117. The predicted octanol–water partition coefficient (Wildman–Crippen LogP) is 3.57. The highest BCUT2D eigenvalue weighted by atomic mass is 127. The first-order valence-corrected chi connectivity index (χ1v) is 8.64. The Hall–Kier alpha value is -1.89. The first kappa shape index (κ1) is 16.0.